The van der Waals surface area contributed by atoms with Gasteiger partial charge < -0.3 is 9.64 Å². The number of hydrogen-bond acceptors (Lipinski definition) is 3. The number of carbonyl (C=O) groups excluding carboxylic acids is 1. The number of ether oxygens (including phenoxy) is 1. The van der Waals surface area contributed by atoms with E-state index in [1.807, 2.05) is 12.1 Å². The van der Waals surface area contributed by atoms with Crippen LogP contribution in [0.15, 0.2) is 46.9 Å². The number of halogens is 1. The molecule has 1 saturated heterocycles. The lowest BCUT2D eigenvalue weighted by Gasteiger charge is -2.37. The molecular formula is C23H27BrN2O2. The number of hydrogen-bond donors (Lipinski definition) is 0. The molecular weight excluding hydrogens is 416 g/mol. The zero-order valence-corrected chi connectivity index (χ0v) is 18.0. The van der Waals surface area contributed by atoms with Crippen LogP contribution in [0.5, 0.6) is 5.75 Å². The first-order valence-electron chi connectivity index (χ1n) is 10.0. The summed E-state index contributed by atoms with van der Waals surface area (Å²) >= 11 is 3.56. The summed E-state index contributed by atoms with van der Waals surface area (Å²) in [4.78, 5) is 17.7. The summed E-state index contributed by atoms with van der Waals surface area (Å²) in [7, 11) is 1.71. The molecule has 28 heavy (non-hydrogen) atoms. The SMILES string of the molecule is COc1ccc(Br)cc1CN1CCCC(C(=O)N2CCc3ccccc3C2)C1. The second-order valence-electron chi connectivity index (χ2n) is 7.81. The van der Waals surface area contributed by atoms with Crippen LogP contribution in [0.4, 0.5) is 0 Å². The molecule has 4 rings (SSSR count). The van der Waals surface area contributed by atoms with Crippen molar-refractivity contribution >= 4 is 21.8 Å². The van der Waals surface area contributed by atoms with E-state index in [1.54, 1.807) is 7.11 Å². The number of amides is 1. The molecule has 2 aliphatic rings. The molecule has 0 aliphatic carbocycles. The van der Waals surface area contributed by atoms with Crippen LogP contribution in [0.1, 0.15) is 29.5 Å². The fourth-order valence-electron chi connectivity index (χ4n) is 4.45. The Kier molecular flexibility index (Phi) is 6.02. The lowest BCUT2D eigenvalue weighted by Crippen LogP contribution is -2.46. The first-order valence-corrected chi connectivity index (χ1v) is 10.8. The van der Waals surface area contributed by atoms with Crippen LogP contribution in [0.2, 0.25) is 0 Å². The quantitative estimate of drug-likeness (QED) is 0.708. The number of fused-ring (bicyclic) bond motifs is 1. The lowest BCUT2D eigenvalue weighted by molar-refractivity contribution is -0.138. The molecule has 148 valence electrons. The molecule has 1 unspecified atom stereocenters. The van der Waals surface area contributed by atoms with Gasteiger partial charge in [-0.05, 0) is 55.1 Å². The van der Waals surface area contributed by atoms with Gasteiger partial charge in [0.2, 0.25) is 5.91 Å². The topological polar surface area (TPSA) is 32.8 Å². The molecule has 2 heterocycles. The fourth-order valence-corrected chi connectivity index (χ4v) is 4.86. The number of carbonyl (C=O) groups is 1. The summed E-state index contributed by atoms with van der Waals surface area (Å²) < 4.78 is 6.58. The summed E-state index contributed by atoms with van der Waals surface area (Å²) in [5.41, 5.74) is 3.85. The second kappa shape index (κ2) is 8.66. The molecule has 0 N–H and O–H groups in total. The molecule has 1 amide bonds. The van der Waals surface area contributed by atoms with Crippen molar-refractivity contribution in [2.45, 2.75) is 32.4 Å². The number of piperidine rings is 1. The first-order chi connectivity index (χ1) is 13.6. The number of nitrogens with zero attached hydrogens (tertiary/aromatic N) is 2. The van der Waals surface area contributed by atoms with E-state index in [0.29, 0.717) is 5.91 Å². The van der Waals surface area contributed by atoms with E-state index >= 15 is 0 Å². The van der Waals surface area contributed by atoms with Crippen LogP contribution in [0.25, 0.3) is 0 Å². The van der Waals surface area contributed by atoms with E-state index in [2.05, 4.69) is 56.1 Å². The van der Waals surface area contributed by atoms with Crippen LogP contribution >= 0.6 is 15.9 Å². The number of methoxy groups -OCH3 is 1. The Morgan fingerprint density at radius 1 is 1.18 bits per heavy atom. The van der Waals surface area contributed by atoms with E-state index in [0.717, 1.165) is 67.8 Å². The zero-order chi connectivity index (χ0) is 19.5. The molecule has 0 aromatic heterocycles. The monoisotopic (exact) mass is 442 g/mol. The molecule has 2 aliphatic heterocycles. The summed E-state index contributed by atoms with van der Waals surface area (Å²) in [5, 5.41) is 0. The molecule has 5 heteroatoms. The van der Waals surface area contributed by atoms with Crippen molar-refractivity contribution in [2.75, 3.05) is 26.7 Å². The maximum Gasteiger partial charge on any atom is 0.227 e. The maximum absolute atomic E-state index is 13.2. The molecule has 0 radical (unpaired) electrons. The standard InChI is InChI=1S/C23H27BrN2O2/c1-28-22-9-8-21(24)13-20(22)15-25-11-4-7-19(14-25)23(27)26-12-10-17-5-2-3-6-18(17)16-26/h2-3,5-6,8-9,13,19H,4,7,10-12,14-16H2,1H3. The van der Waals surface area contributed by atoms with Crippen molar-refractivity contribution in [3.63, 3.8) is 0 Å². The highest BCUT2D eigenvalue weighted by atomic mass is 79.9. The van der Waals surface area contributed by atoms with Gasteiger partial charge in [-0.1, -0.05) is 40.2 Å². The van der Waals surface area contributed by atoms with E-state index < -0.39 is 0 Å². The van der Waals surface area contributed by atoms with Gasteiger partial charge in [0.15, 0.2) is 0 Å². The smallest absolute Gasteiger partial charge is 0.227 e. The number of rotatable bonds is 4. The van der Waals surface area contributed by atoms with Gasteiger partial charge in [0.05, 0.1) is 13.0 Å². The highest BCUT2D eigenvalue weighted by Gasteiger charge is 2.31. The third-order valence-electron chi connectivity index (χ3n) is 5.93. The van der Waals surface area contributed by atoms with Crippen LogP contribution in [0, 0.1) is 5.92 Å². The van der Waals surface area contributed by atoms with E-state index in [4.69, 9.17) is 4.74 Å². The molecule has 2 aromatic rings. The summed E-state index contributed by atoms with van der Waals surface area (Å²) in [5.74, 6) is 1.32. The van der Waals surface area contributed by atoms with Gasteiger partial charge in [-0.25, -0.2) is 0 Å². The van der Waals surface area contributed by atoms with Crippen LogP contribution in [0.3, 0.4) is 0 Å². The van der Waals surface area contributed by atoms with Gasteiger partial charge in [-0.15, -0.1) is 0 Å². The van der Waals surface area contributed by atoms with Crippen molar-refractivity contribution in [1.29, 1.82) is 0 Å². The highest BCUT2D eigenvalue weighted by Crippen LogP contribution is 2.28. The lowest BCUT2D eigenvalue weighted by atomic mass is 9.93. The Bertz CT molecular complexity index is 854. The predicted octanol–water partition coefficient (Wildman–Crippen LogP) is 4.25. The summed E-state index contributed by atoms with van der Waals surface area (Å²) in [6.45, 7) is 4.26. The van der Waals surface area contributed by atoms with Gasteiger partial charge in [-0.2, -0.15) is 0 Å². The van der Waals surface area contributed by atoms with Gasteiger partial charge in [0.1, 0.15) is 5.75 Å². The van der Waals surface area contributed by atoms with E-state index in [9.17, 15) is 4.79 Å². The summed E-state index contributed by atoms with van der Waals surface area (Å²) in [6.07, 6.45) is 3.02. The first kappa shape index (κ1) is 19.5. The van der Waals surface area contributed by atoms with Crippen molar-refractivity contribution < 1.29 is 9.53 Å². The molecule has 2 aromatic carbocycles. The third kappa shape index (κ3) is 4.26. The Balaban J connectivity index is 1.41. The minimum absolute atomic E-state index is 0.0946. The fraction of sp³-hybridized carbons (Fsp3) is 0.435. The minimum atomic E-state index is 0.0946. The van der Waals surface area contributed by atoms with Gasteiger partial charge in [0, 0.05) is 36.2 Å². The van der Waals surface area contributed by atoms with Gasteiger partial charge in [-0.3, -0.25) is 9.69 Å². The van der Waals surface area contributed by atoms with Crippen molar-refractivity contribution in [3.8, 4) is 5.75 Å². The Morgan fingerprint density at radius 2 is 2.00 bits per heavy atom. The van der Waals surface area contributed by atoms with E-state index in [-0.39, 0.29) is 5.92 Å². The third-order valence-corrected chi connectivity index (χ3v) is 6.43. The van der Waals surface area contributed by atoms with Crippen LogP contribution < -0.4 is 4.74 Å². The normalized spacial score (nSPS) is 19.9. The zero-order valence-electron chi connectivity index (χ0n) is 16.4. The van der Waals surface area contributed by atoms with E-state index in [1.165, 1.54) is 11.1 Å². The van der Waals surface area contributed by atoms with Crippen molar-refractivity contribution in [1.82, 2.24) is 9.80 Å². The average Bonchev–Trinajstić information content (AvgIpc) is 2.73. The molecule has 0 spiro atoms. The molecule has 0 bridgehead atoms. The Morgan fingerprint density at radius 3 is 2.82 bits per heavy atom. The Hall–Kier alpha value is -1.85. The molecule has 1 fully saturated rings. The summed E-state index contributed by atoms with van der Waals surface area (Å²) in [6, 6.07) is 14.6. The number of benzene rings is 2. The van der Waals surface area contributed by atoms with Gasteiger partial charge in [0.25, 0.3) is 0 Å². The van der Waals surface area contributed by atoms with Crippen molar-refractivity contribution in [2.24, 2.45) is 5.92 Å². The molecule has 0 saturated carbocycles. The minimum Gasteiger partial charge on any atom is -0.496 e. The number of likely N-dealkylation sites (tertiary alicyclic amines) is 1. The maximum atomic E-state index is 13.2. The largest absolute Gasteiger partial charge is 0.496 e. The van der Waals surface area contributed by atoms with Crippen LogP contribution in [-0.2, 0) is 24.3 Å². The Labute approximate surface area is 175 Å². The van der Waals surface area contributed by atoms with Crippen LogP contribution in [-0.4, -0.2) is 42.5 Å². The van der Waals surface area contributed by atoms with Crippen molar-refractivity contribution in [3.05, 3.63) is 63.6 Å². The average molecular weight is 443 g/mol. The predicted molar refractivity (Wildman–Crippen MR) is 114 cm³/mol. The van der Waals surface area contributed by atoms with Gasteiger partial charge >= 0.3 is 0 Å². The highest BCUT2D eigenvalue weighted by molar-refractivity contribution is 9.10. The second-order valence-corrected chi connectivity index (χ2v) is 8.72. The molecule has 1 atom stereocenters. The molecule has 4 nitrogen and oxygen atoms in total.